The molecule has 0 atom stereocenters. The van der Waals surface area contributed by atoms with Crippen LogP contribution >= 0.6 is 0 Å². The molecule has 3 aromatic rings. The second-order valence-electron chi connectivity index (χ2n) is 6.34. The lowest BCUT2D eigenvalue weighted by Crippen LogP contribution is -2.16. The summed E-state index contributed by atoms with van der Waals surface area (Å²) in [6.45, 7) is 6.09. The molecule has 3 rings (SSSR count). The first-order chi connectivity index (χ1) is 12.0. The van der Waals surface area contributed by atoms with Crippen LogP contribution in [0.15, 0.2) is 42.5 Å². The van der Waals surface area contributed by atoms with Crippen LogP contribution in [0.3, 0.4) is 0 Å². The normalized spacial score (nSPS) is 10.7. The highest BCUT2D eigenvalue weighted by molar-refractivity contribution is 5.92. The maximum absolute atomic E-state index is 12.3. The fourth-order valence-corrected chi connectivity index (χ4v) is 2.73. The Hall–Kier alpha value is -2.95. The summed E-state index contributed by atoms with van der Waals surface area (Å²) in [5.74, 6) is 1.15. The topological polar surface area (TPSA) is 70.7 Å². The summed E-state index contributed by atoms with van der Waals surface area (Å²) in [4.78, 5) is 16.7. The van der Waals surface area contributed by atoms with Crippen LogP contribution in [0.1, 0.15) is 33.9 Å². The zero-order valence-corrected chi connectivity index (χ0v) is 14.8. The number of rotatable bonds is 5. The van der Waals surface area contributed by atoms with Crippen LogP contribution in [0.2, 0.25) is 0 Å². The maximum atomic E-state index is 12.3. The fraction of sp³-hybridized carbons (Fsp3) is 0.250. The third-order valence-electron chi connectivity index (χ3n) is 4.23. The molecule has 25 heavy (non-hydrogen) atoms. The van der Waals surface area contributed by atoms with Gasteiger partial charge in [0.05, 0.1) is 6.42 Å². The van der Waals surface area contributed by atoms with E-state index >= 15 is 0 Å². The number of amides is 1. The number of anilines is 1. The minimum absolute atomic E-state index is 0.116. The molecule has 0 unspecified atom stereocenters. The highest BCUT2D eigenvalue weighted by atomic mass is 16.1. The van der Waals surface area contributed by atoms with Crippen LogP contribution in [0.25, 0.3) is 0 Å². The first-order valence-electron chi connectivity index (χ1n) is 8.33. The van der Waals surface area contributed by atoms with Crippen molar-refractivity contribution in [2.45, 2.75) is 33.6 Å². The molecule has 5 nitrogen and oxygen atoms in total. The van der Waals surface area contributed by atoms with E-state index in [2.05, 4.69) is 45.6 Å². The second-order valence-corrected chi connectivity index (χ2v) is 6.34. The van der Waals surface area contributed by atoms with Gasteiger partial charge in [0.1, 0.15) is 5.82 Å². The van der Waals surface area contributed by atoms with Crippen molar-refractivity contribution in [1.82, 2.24) is 15.2 Å². The lowest BCUT2D eigenvalue weighted by molar-refractivity contribution is -0.115. The monoisotopic (exact) mass is 334 g/mol. The van der Waals surface area contributed by atoms with E-state index in [1.807, 2.05) is 38.1 Å². The molecule has 0 aliphatic heterocycles. The van der Waals surface area contributed by atoms with Crippen molar-refractivity contribution in [2.75, 3.05) is 5.32 Å². The Balaban J connectivity index is 1.63. The van der Waals surface area contributed by atoms with E-state index in [9.17, 15) is 4.79 Å². The molecule has 0 radical (unpaired) electrons. The number of carbonyl (C=O) groups excluding carboxylic acids is 1. The minimum Gasteiger partial charge on any atom is -0.325 e. The molecule has 0 fully saturated rings. The van der Waals surface area contributed by atoms with Gasteiger partial charge in [-0.3, -0.25) is 9.89 Å². The number of benzene rings is 2. The molecule has 1 amide bonds. The Labute approximate surface area is 147 Å². The number of hydrogen-bond acceptors (Lipinski definition) is 3. The predicted molar refractivity (Wildman–Crippen MR) is 98.6 cm³/mol. The molecular formula is C20H22N4O. The van der Waals surface area contributed by atoms with Crippen molar-refractivity contribution in [2.24, 2.45) is 0 Å². The van der Waals surface area contributed by atoms with E-state index in [1.54, 1.807) is 0 Å². The van der Waals surface area contributed by atoms with Gasteiger partial charge in [0.2, 0.25) is 5.91 Å². The lowest BCUT2D eigenvalue weighted by Gasteiger charge is -2.09. The zero-order valence-electron chi connectivity index (χ0n) is 14.8. The van der Waals surface area contributed by atoms with E-state index in [-0.39, 0.29) is 12.3 Å². The number of aromatic nitrogens is 3. The number of H-pyrrole nitrogens is 1. The molecule has 5 heteroatoms. The van der Waals surface area contributed by atoms with Crippen molar-refractivity contribution in [1.29, 1.82) is 0 Å². The summed E-state index contributed by atoms with van der Waals surface area (Å²) in [5, 5.41) is 10.0. The van der Waals surface area contributed by atoms with Crippen molar-refractivity contribution >= 4 is 11.6 Å². The standard InChI is InChI=1S/C20H22N4O/c1-13-6-4-8-16(10-13)11-18-22-19(24-23-18)12-20(25)21-17-9-5-7-14(2)15(17)3/h4-10H,11-12H2,1-3H3,(H,21,25)(H,22,23,24). The summed E-state index contributed by atoms with van der Waals surface area (Å²) in [5.41, 5.74) is 5.44. The average molecular weight is 334 g/mol. The van der Waals surface area contributed by atoms with E-state index < -0.39 is 0 Å². The highest BCUT2D eigenvalue weighted by Gasteiger charge is 2.11. The summed E-state index contributed by atoms with van der Waals surface area (Å²) in [6, 6.07) is 14.1. The van der Waals surface area contributed by atoms with Crippen LogP contribution in [-0.4, -0.2) is 21.1 Å². The van der Waals surface area contributed by atoms with Gasteiger partial charge in [-0.25, -0.2) is 4.98 Å². The predicted octanol–water partition coefficient (Wildman–Crippen LogP) is 3.50. The summed E-state index contributed by atoms with van der Waals surface area (Å²) in [6.07, 6.45) is 0.824. The first-order valence-corrected chi connectivity index (χ1v) is 8.33. The minimum atomic E-state index is -0.116. The van der Waals surface area contributed by atoms with E-state index in [0.717, 1.165) is 22.6 Å². The Bertz CT molecular complexity index is 898. The Morgan fingerprint density at radius 3 is 2.72 bits per heavy atom. The molecule has 1 heterocycles. The summed E-state index contributed by atoms with van der Waals surface area (Å²) in [7, 11) is 0. The SMILES string of the molecule is Cc1cccc(Cc2nc(CC(=O)Nc3cccc(C)c3C)n[nH]2)c1. The van der Waals surface area contributed by atoms with Crippen molar-refractivity contribution in [3.63, 3.8) is 0 Å². The van der Waals surface area contributed by atoms with Gasteiger partial charge in [0.25, 0.3) is 0 Å². The van der Waals surface area contributed by atoms with Gasteiger partial charge in [0, 0.05) is 12.1 Å². The third-order valence-corrected chi connectivity index (χ3v) is 4.23. The molecule has 0 spiro atoms. The zero-order chi connectivity index (χ0) is 17.8. The van der Waals surface area contributed by atoms with Crippen LogP contribution in [0, 0.1) is 20.8 Å². The van der Waals surface area contributed by atoms with Gasteiger partial charge >= 0.3 is 0 Å². The first kappa shape index (κ1) is 16.9. The van der Waals surface area contributed by atoms with Crippen LogP contribution in [0.4, 0.5) is 5.69 Å². The van der Waals surface area contributed by atoms with Crippen LogP contribution < -0.4 is 5.32 Å². The molecule has 0 aliphatic rings. The molecule has 0 saturated heterocycles. The molecule has 0 saturated carbocycles. The van der Waals surface area contributed by atoms with E-state index in [1.165, 1.54) is 11.1 Å². The van der Waals surface area contributed by atoms with Gasteiger partial charge in [0.15, 0.2) is 5.82 Å². The van der Waals surface area contributed by atoms with E-state index in [4.69, 9.17) is 0 Å². The smallest absolute Gasteiger partial charge is 0.232 e. The molecular weight excluding hydrogens is 312 g/mol. The number of carbonyl (C=O) groups is 1. The van der Waals surface area contributed by atoms with Crippen LogP contribution in [0.5, 0.6) is 0 Å². The Morgan fingerprint density at radius 1 is 1.12 bits per heavy atom. The molecule has 128 valence electrons. The molecule has 0 aliphatic carbocycles. The fourth-order valence-electron chi connectivity index (χ4n) is 2.73. The molecule has 2 aromatic carbocycles. The highest BCUT2D eigenvalue weighted by Crippen LogP contribution is 2.18. The molecule has 0 bridgehead atoms. The largest absolute Gasteiger partial charge is 0.325 e. The number of hydrogen-bond donors (Lipinski definition) is 2. The number of aryl methyl sites for hydroxylation is 2. The molecule has 2 N–H and O–H groups in total. The summed E-state index contributed by atoms with van der Waals surface area (Å²) < 4.78 is 0. The van der Waals surface area contributed by atoms with Gasteiger partial charge in [-0.05, 0) is 43.5 Å². The van der Waals surface area contributed by atoms with Crippen molar-refractivity contribution in [3.8, 4) is 0 Å². The quantitative estimate of drug-likeness (QED) is 0.750. The Morgan fingerprint density at radius 2 is 1.92 bits per heavy atom. The van der Waals surface area contributed by atoms with Gasteiger partial charge in [-0.2, -0.15) is 5.10 Å². The number of nitrogens with one attached hydrogen (secondary N) is 2. The third kappa shape index (κ3) is 4.32. The van der Waals surface area contributed by atoms with Crippen LogP contribution in [-0.2, 0) is 17.6 Å². The number of nitrogens with zero attached hydrogens (tertiary/aromatic N) is 2. The second kappa shape index (κ2) is 7.30. The lowest BCUT2D eigenvalue weighted by atomic mass is 10.1. The van der Waals surface area contributed by atoms with Gasteiger partial charge in [-0.1, -0.05) is 42.0 Å². The molecule has 1 aromatic heterocycles. The van der Waals surface area contributed by atoms with Gasteiger partial charge < -0.3 is 5.32 Å². The van der Waals surface area contributed by atoms with Gasteiger partial charge in [-0.15, -0.1) is 0 Å². The van der Waals surface area contributed by atoms with Crippen molar-refractivity contribution in [3.05, 3.63) is 76.4 Å². The summed E-state index contributed by atoms with van der Waals surface area (Å²) >= 11 is 0. The van der Waals surface area contributed by atoms with E-state index in [0.29, 0.717) is 12.2 Å². The van der Waals surface area contributed by atoms with Crippen molar-refractivity contribution < 1.29 is 4.79 Å². The average Bonchev–Trinajstić information content (AvgIpc) is 2.98. The Kier molecular flexibility index (Phi) is 4.93. The number of aromatic amines is 1. The maximum Gasteiger partial charge on any atom is 0.232 e.